The van der Waals surface area contributed by atoms with Crippen molar-refractivity contribution in [1.82, 2.24) is 5.32 Å². The first-order valence-electron chi connectivity index (χ1n) is 7.52. The average molecular weight is 302 g/mol. The molecule has 0 amide bonds. The highest BCUT2D eigenvalue weighted by molar-refractivity contribution is 5.51. The highest BCUT2D eigenvalue weighted by Gasteiger charge is 2.33. The van der Waals surface area contributed by atoms with Crippen LogP contribution in [0.15, 0.2) is 18.2 Å². The molecule has 21 heavy (non-hydrogen) atoms. The molecule has 0 saturated heterocycles. The molecule has 0 spiro atoms. The zero-order chi connectivity index (χ0) is 15.9. The molecule has 1 aromatic carbocycles. The van der Waals surface area contributed by atoms with Gasteiger partial charge in [-0.1, -0.05) is 32.8 Å². The number of benzene rings is 1. The van der Waals surface area contributed by atoms with E-state index < -0.39 is 11.7 Å². The zero-order valence-corrected chi connectivity index (χ0v) is 13.1. The van der Waals surface area contributed by atoms with Crippen molar-refractivity contribution in [2.45, 2.75) is 45.8 Å². The molecule has 0 bridgehead atoms. The van der Waals surface area contributed by atoms with Crippen LogP contribution in [0, 0.1) is 0 Å². The van der Waals surface area contributed by atoms with Gasteiger partial charge in [-0.2, -0.15) is 13.2 Å². The van der Waals surface area contributed by atoms with Gasteiger partial charge in [0.2, 0.25) is 0 Å². The molecule has 0 aliphatic carbocycles. The Morgan fingerprint density at radius 1 is 1.14 bits per heavy atom. The smallest absolute Gasteiger partial charge is 0.375 e. The van der Waals surface area contributed by atoms with Crippen LogP contribution in [0.4, 0.5) is 18.9 Å². The standard InChI is InChI=1S/C16H25F3N2/c1-4-6-7-10-21(3)14-9-8-13(12-20-5-2)15(11-14)16(17,18)19/h8-9,11,20H,4-7,10,12H2,1-3H3. The molecule has 0 saturated carbocycles. The number of hydrogen-bond donors (Lipinski definition) is 1. The van der Waals surface area contributed by atoms with Gasteiger partial charge in [0.15, 0.2) is 0 Å². The lowest BCUT2D eigenvalue weighted by molar-refractivity contribution is -0.138. The predicted molar refractivity (Wildman–Crippen MR) is 81.6 cm³/mol. The molecule has 0 unspecified atom stereocenters. The Hall–Kier alpha value is -1.23. The number of nitrogens with zero attached hydrogens (tertiary/aromatic N) is 1. The molecule has 0 aliphatic heterocycles. The largest absolute Gasteiger partial charge is 0.416 e. The molecular weight excluding hydrogens is 277 g/mol. The summed E-state index contributed by atoms with van der Waals surface area (Å²) in [6.07, 6.45) is -1.13. The summed E-state index contributed by atoms with van der Waals surface area (Å²) in [7, 11) is 1.84. The summed E-state index contributed by atoms with van der Waals surface area (Å²) in [5.74, 6) is 0. The van der Waals surface area contributed by atoms with Gasteiger partial charge in [0.25, 0.3) is 0 Å². The van der Waals surface area contributed by atoms with E-state index in [1.54, 1.807) is 12.1 Å². The lowest BCUT2D eigenvalue weighted by Gasteiger charge is -2.22. The van der Waals surface area contributed by atoms with E-state index in [2.05, 4.69) is 12.2 Å². The van der Waals surface area contributed by atoms with Crippen LogP contribution < -0.4 is 10.2 Å². The fourth-order valence-electron chi connectivity index (χ4n) is 2.21. The van der Waals surface area contributed by atoms with Gasteiger partial charge in [0, 0.05) is 25.8 Å². The van der Waals surface area contributed by atoms with Crippen molar-refractivity contribution in [1.29, 1.82) is 0 Å². The van der Waals surface area contributed by atoms with E-state index in [0.717, 1.165) is 25.8 Å². The number of alkyl halides is 3. The molecule has 0 radical (unpaired) electrons. The van der Waals surface area contributed by atoms with Gasteiger partial charge >= 0.3 is 6.18 Å². The Kier molecular flexibility index (Phi) is 7.02. The Bertz CT molecular complexity index is 430. The Morgan fingerprint density at radius 2 is 1.86 bits per heavy atom. The molecule has 0 aliphatic rings. The van der Waals surface area contributed by atoms with Gasteiger partial charge in [-0.25, -0.2) is 0 Å². The zero-order valence-electron chi connectivity index (χ0n) is 13.1. The number of nitrogens with one attached hydrogen (secondary N) is 1. The van der Waals surface area contributed by atoms with Crippen molar-refractivity contribution in [2.75, 3.05) is 25.0 Å². The molecule has 1 rings (SSSR count). The van der Waals surface area contributed by atoms with Crippen LogP contribution in [-0.2, 0) is 12.7 Å². The topological polar surface area (TPSA) is 15.3 Å². The summed E-state index contributed by atoms with van der Waals surface area (Å²) in [6.45, 7) is 5.65. The Balaban J connectivity index is 2.93. The SMILES string of the molecule is CCCCCN(C)c1ccc(CNCC)c(C(F)(F)F)c1. The van der Waals surface area contributed by atoms with Crippen LogP contribution in [0.1, 0.15) is 44.2 Å². The van der Waals surface area contributed by atoms with Crippen LogP contribution in [-0.4, -0.2) is 20.1 Å². The van der Waals surface area contributed by atoms with Crippen molar-refractivity contribution < 1.29 is 13.2 Å². The third-order valence-corrected chi connectivity index (χ3v) is 3.50. The van der Waals surface area contributed by atoms with Crippen molar-refractivity contribution >= 4 is 5.69 Å². The van der Waals surface area contributed by atoms with E-state index in [-0.39, 0.29) is 6.54 Å². The molecule has 5 heteroatoms. The molecule has 1 N–H and O–H groups in total. The molecular formula is C16H25F3N2. The van der Waals surface area contributed by atoms with E-state index >= 15 is 0 Å². The first-order chi connectivity index (χ1) is 9.90. The van der Waals surface area contributed by atoms with Crippen LogP contribution in [0.2, 0.25) is 0 Å². The quantitative estimate of drug-likeness (QED) is 0.714. The first kappa shape index (κ1) is 17.8. The van der Waals surface area contributed by atoms with E-state index in [1.165, 1.54) is 6.07 Å². The normalized spacial score (nSPS) is 11.7. The van der Waals surface area contributed by atoms with Crippen LogP contribution in [0.25, 0.3) is 0 Å². The minimum Gasteiger partial charge on any atom is -0.375 e. The van der Waals surface area contributed by atoms with Crippen LogP contribution in [0.3, 0.4) is 0 Å². The third-order valence-electron chi connectivity index (χ3n) is 3.50. The van der Waals surface area contributed by atoms with Gasteiger partial charge in [-0.05, 0) is 30.7 Å². The van der Waals surface area contributed by atoms with E-state index in [4.69, 9.17) is 0 Å². The fourth-order valence-corrected chi connectivity index (χ4v) is 2.21. The van der Waals surface area contributed by atoms with E-state index in [1.807, 2.05) is 18.9 Å². The summed E-state index contributed by atoms with van der Waals surface area (Å²) < 4.78 is 39.5. The molecule has 0 aromatic heterocycles. The minimum absolute atomic E-state index is 0.241. The van der Waals surface area contributed by atoms with Crippen LogP contribution >= 0.6 is 0 Å². The average Bonchev–Trinajstić information content (AvgIpc) is 2.44. The first-order valence-corrected chi connectivity index (χ1v) is 7.52. The minimum atomic E-state index is -4.31. The van der Waals surface area contributed by atoms with Gasteiger partial charge in [-0.3, -0.25) is 0 Å². The van der Waals surface area contributed by atoms with Gasteiger partial charge in [-0.15, -0.1) is 0 Å². The summed E-state index contributed by atoms with van der Waals surface area (Å²) >= 11 is 0. The Labute approximate surface area is 125 Å². The fraction of sp³-hybridized carbons (Fsp3) is 0.625. The lowest BCUT2D eigenvalue weighted by atomic mass is 10.1. The van der Waals surface area contributed by atoms with E-state index in [0.29, 0.717) is 17.8 Å². The molecule has 1 aromatic rings. The van der Waals surface area contributed by atoms with Crippen molar-refractivity contribution in [2.24, 2.45) is 0 Å². The third kappa shape index (κ3) is 5.58. The van der Waals surface area contributed by atoms with Crippen molar-refractivity contribution in [3.05, 3.63) is 29.3 Å². The molecule has 0 atom stereocenters. The second kappa shape index (κ2) is 8.27. The highest BCUT2D eigenvalue weighted by Crippen LogP contribution is 2.34. The van der Waals surface area contributed by atoms with Gasteiger partial charge < -0.3 is 10.2 Å². The maximum Gasteiger partial charge on any atom is 0.416 e. The van der Waals surface area contributed by atoms with Crippen molar-refractivity contribution in [3.63, 3.8) is 0 Å². The molecule has 0 fully saturated rings. The molecule has 0 heterocycles. The van der Waals surface area contributed by atoms with Gasteiger partial charge in [0.1, 0.15) is 0 Å². The summed E-state index contributed by atoms with van der Waals surface area (Å²) in [6, 6.07) is 4.61. The second-order valence-corrected chi connectivity index (χ2v) is 5.25. The van der Waals surface area contributed by atoms with Crippen LogP contribution in [0.5, 0.6) is 0 Å². The maximum absolute atomic E-state index is 13.2. The van der Waals surface area contributed by atoms with Gasteiger partial charge in [0.05, 0.1) is 5.56 Å². The lowest BCUT2D eigenvalue weighted by Crippen LogP contribution is -2.21. The predicted octanol–water partition coefficient (Wildman–Crippen LogP) is 4.44. The number of rotatable bonds is 8. The van der Waals surface area contributed by atoms with Crippen molar-refractivity contribution in [3.8, 4) is 0 Å². The highest BCUT2D eigenvalue weighted by atomic mass is 19.4. The molecule has 2 nitrogen and oxygen atoms in total. The number of unbranched alkanes of at least 4 members (excludes halogenated alkanes) is 2. The maximum atomic E-state index is 13.2. The van der Waals surface area contributed by atoms with E-state index in [9.17, 15) is 13.2 Å². The molecule has 120 valence electrons. The number of anilines is 1. The summed E-state index contributed by atoms with van der Waals surface area (Å²) in [5.41, 5.74) is 0.386. The summed E-state index contributed by atoms with van der Waals surface area (Å²) in [4.78, 5) is 1.89. The second-order valence-electron chi connectivity index (χ2n) is 5.25. The summed E-state index contributed by atoms with van der Waals surface area (Å²) in [5, 5.41) is 2.95. The monoisotopic (exact) mass is 302 g/mol. The number of hydrogen-bond acceptors (Lipinski definition) is 2. The number of halogens is 3. The Morgan fingerprint density at radius 3 is 2.43 bits per heavy atom.